The number of carbonyl (C=O) groups excluding carboxylic acids is 7. The summed E-state index contributed by atoms with van der Waals surface area (Å²) in [6.45, 7) is 22.1. The number of benzene rings is 4. The number of esters is 6. The summed E-state index contributed by atoms with van der Waals surface area (Å²) in [7, 11) is 0. The van der Waals surface area contributed by atoms with Gasteiger partial charge in [-0.3, -0.25) is 9.59 Å². The molecular formula is C66H78O19Y8. The fraction of sp³-hybridized carbons (Fsp3) is 0.500. The van der Waals surface area contributed by atoms with Gasteiger partial charge in [-0.25, -0.2) is 19.2 Å². The van der Waals surface area contributed by atoms with E-state index in [1.807, 2.05) is 40.7 Å². The molecule has 19 nitrogen and oxygen atoms in total. The number of phenolic OH excluding ortho intramolecular Hbond substituents is 4. The van der Waals surface area contributed by atoms with E-state index in [4.69, 9.17) is 33.2 Å². The molecule has 6 atom stereocenters. The summed E-state index contributed by atoms with van der Waals surface area (Å²) in [6.07, 6.45) is 8.30. The number of aromatic hydroxyl groups is 4. The molecular weight excluding hydrogens is 1810 g/mol. The van der Waals surface area contributed by atoms with E-state index in [9.17, 15) is 59.1 Å². The molecule has 7 heterocycles. The van der Waals surface area contributed by atoms with Gasteiger partial charge in [0.2, 0.25) is 0 Å². The number of phenols is 4. The maximum atomic E-state index is 11.7. The van der Waals surface area contributed by atoms with Gasteiger partial charge in [0, 0.05) is 321 Å². The molecule has 0 saturated carbocycles. The zero-order valence-electron chi connectivity index (χ0n) is 55.0. The van der Waals surface area contributed by atoms with Gasteiger partial charge in [0.1, 0.15) is 77.8 Å². The van der Waals surface area contributed by atoms with Crippen molar-refractivity contribution in [1.29, 1.82) is 0 Å². The first-order chi connectivity index (χ1) is 40.0. The second-order valence-corrected chi connectivity index (χ2v) is 24.2. The van der Waals surface area contributed by atoms with Crippen LogP contribution in [0, 0.1) is 32.6 Å². The van der Waals surface area contributed by atoms with E-state index in [1.165, 1.54) is 24.3 Å². The molecule has 0 aromatic heterocycles. The average molecular weight is 1890 g/mol. The Hall–Kier alpha value is 0.901. The van der Waals surface area contributed by atoms with Crippen LogP contribution in [0.5, 0.6) is 28.7 Å². The standard InChI is InChI=1S/C17H20O5.C17H20O4.C16H18O6.C16H20O4.8Y/c1-9(17(3)5-4-15(19)22-17)6-11-10(2)13-8-21-16(20)12(13)7-14(11)18;1-10(4-6-11(2)18)5-7-13-12(3)15-9-21-17(20)14(15)8-16(13)19;1-8-9(6-13(18)16(2)4-3-14(19)22-16)12(17)5-10-11(8)7-21-15(10)20;1-4-5-16(3)9(2)6-11-13(17)7-10-12(14(11)20-16)8-19-15(10)18;;;;;;;;/h7,9,18H,4-6,8H2,1-3H3;5,8,19H,4,6-7,9H2,1-3H3;5,13,17-18H,3-4,6-7H2,1-2H3;7,9,17H,4-6,8H2,1-3H3;;;;;;;;/b;10-5+;;;;;;;;;;/t9-,17-;;13-,16-;9-,16-;;;;;;;;/m0.00......../s1. The largest absolute Gasteiger partial charge is 0.508 e. The van der Waals surface area contributed by atoms with Crippen LogP contribution in [0.1, 0.15) is 209 Å². The van der Waals surface area contributed by atoms with E-state index in [-0.39, 0.29) is 371 Å². The van der Waals surface area contributed by atoms with Crippen molar-refractivity contribution in [3.05, 3.63) is 119 Å². The van der Waals surface area contributed by atoms with Crippen LogP contribution in [0.25, 0.3) is 0 Å². The molecule has 27 heteroatoms. The number of allylic oxidation sites excluding steroid dienone is 2. The molecule has 0 amide bonds. The molecule has 0 bridgehead atoms. The molecule has 0 unspecified atom stereocenters. The molecule has 4 aromatic carbocycles. The fourth-order valence-electron chi connectivity index (χ4n) is 12.1. The summed E-state index contributed by atoms with van der Waals surface area (Å²) >= 11 is 0. The summed E-state index contributed by atoms with van der Waals surface area (Å²) in [5.41, 5.74) is 9.88. The number of rotatable bonds is 13. The number of aliphatic hydroxyl groups is 1. The molecule has 7 aliphatic rings. The minimum atomic E-state index is -0.943. The topological polar surface area (TPSA) is 285 Å². The SMILES string of the molecule is CC(=O)CC/C(C)=C/Cc1c(O)cc2c(c1C)COC2=O.CCC[C@]1(C)Oc2c(c(O)cc3c2COC3=O)C[C@@H]1C.Cc1c(C[C@H](C)[C@]2(C)CCC(=O)O2)c(O)cc2c1COC2=O.Cc1c(C[C@H](O)[C@]2(C)CCC(=O)O2)c(O)cc2c1COC2=O.[Y].[Y].[Y].[Y].[Y].[Y].[Y].[Y]. The van der Waals surface area contributed by atoms with Crippen molar-refractivity contribution in [3.63, 3.8) is 0 Å². The van der Waals surface area contributed by atoms with Crippen LogP contribution in [0.2, 0.25) is 0 Å². The molecule has 8 radical (unpaired) electrons. The van der Waals surface area contributed by atoms with Crippen molar-refractivity contribution < 1.29 is 354 Å². The Balaban J connectivity index is 0.00000118. The van der Waals surface area contributed by atoms with Crippen molar-refractivity contribution in [3.8, 4) is 28.7 Å². The first-order valence-corrected chi connectivity index (χ1v) is 29.0. The van der Waals surface area contributed by atoms with E-state index in [0.717, 1.165) is 86.9 Å². The minimum Gasteiger partial charge on any atom is -0.508 e. The van der Waals surface area contributed by atoms with Crippen LogP contribution in [0.3, 0.4) is 0 Å². The zero-order valence-corrected chi connectivity index (χ0v) is 77.7. The maximum absolute atomic E-state index is 11.7. The van der Waals surface area contributed by atoms with Gasteiger partial charge >= 0.3 is 35.8 Å². The summed E-state index contributed by atoms with van der Waals surface area (Å²) in [5, 5.41) is 51.2. The number of aliphatic hydroxyl groups excluding tert-OH is 1. The minimum absolute atomic E-state index is 0. The van der Waals surface area contributed by atoms with Gasteiger partial charge in [-0.15, -0.1) is 0 Å². The van der Waals surface area contributed by atoms with Crippen LogP contribution < -0.4 is 4.74 Å². The second-order valence-electron chi connectivity index (χ2n) is 24.2. The zero-order chi connectivity index (χ0) is 62.2. The predicted molar refractivity (Wildman–Crippen MR) is 307 cm³/mol. The molecule has 7 aliphatic heterocycles. The molecule has 11 rings (SSSR count). The third-order valence-corrected chi connectivity index (χ3v) is 18.4. The number of hydrogen-bond donors (Lipinski definition) is 5. The van der Waals surface area contributed by atoms with Gasteiger partial charge in [-0.05, 0) is 164 Å². The first kappa shape index (κ1) is 93.9. The molecule has 0 aliphatic carbocycles. The van der Waals surface area contributed by atoms with Crippen molar-refractivity contribution in [2.45, 2.75) is 203 Å². The molecule has 480 valence electrons. The molecule has 2 fully saturated rings. The van der Waals surface area contributed by atoms with Gasteiger partial charge in [-0.2, -0.15) is 0 Å². The number of fused-ring (bicyclic) bond motifs is 6. The molecule has 93 heavy (non-hydrogen) atoms. The van der Waals surface area contributed by atoms with Gasteiger partial charge in [0.25, 0.3) is 0 Å². The van der Waals surface area contributed by atoms with E-state index < -0.39 is 23.3 Å². The monoisotopic (exact) mass is 1890 g/mol. The first-order valence-electron chi connectivity index (χ1n) is 29.0. The number of ether oxygens (including phenoxy) is 7. The Bertz CT molecular complexity index is 3350. The summed E-state index contributed by atoms with van der Waals surface area (Å²) in [6, 6.07) is 5.87. The summed E-state index contributed by atoms with van der Waals surface area (Å²) < 4.78 is 37.0. The molecule has 4 aromatic rings. The van der Waals surface area contributed by atoms with Gasteiger partial charge in [0.15, 0.2) is 0 Å². The third kappa shape index (κ3) is 21.7. The number of cyclic esters (lactones) is 6. The molecule has 0 spiro atoms. The van der Waals surface area contributed by atoms with Crippen molar-refractivity contribution >= 4 is 41.6 Å². The quantitative estimate of drug-likeness (QED) is 0.0472. The van der Waals surface area contributed by atoms with Crippen molar-refractivity contribution in [2.24, 2.45) is 11.8 Å². The predicted octanol–water partition coefficient (Wildman–Crippen LogP) is 10.4. The third-order valence-electron chi connectivity index (χ3n) is 18.4. The van der Waals surface area contributed by atoms with E-state index in [0.29, 0.717) is 78.0 Å². The molecule has 2 saturated heterocycles. The average Bonchev–Trinajstić information content (AvgIpc) is 1.76. The Morgan fingerprint density at radius 2 is 0.946 bits per heavy atom. The number of carbonyl (C=O) groups is 7. The van der Waals surface area contributed by atoms with Crippen LogP contribution >= 0.6 is 0 Å². The Morgan fingerprint density at radius 3 is 1.37 bits per heavy atom. The summed E-state index contributed by atoms with van der Waals surface area (Å²) in [5.74, 6) is -0.520. The van der Waals surface area contributed by atoms with Gasteiger partial charge < -0.3 is 63.5 Å². The van der Waals surface area contributed by atoms with E-state index in [1.54, 1.807) is 20.8 Å². The second kappa shape index (κ2) is 40.1. The molecule has 5 N–H and O–H groups in total. The van der Waals surface area contributed by atoms with Crippen LogP contribution in [0.4, 0.5) is 0 Å². The van der Waals surface area contributed by atoms with Gasteiger partial charge in [-0.1, -0.05) is 38.8 Å². The summed E-state index contributed by atoms with van der Waals surface area (Å²) in [4.78, 5) is 80.0. The van der Waals surface area contributed by atoms with E-state index in [2.05, 4.69) is 20.8 Å². The van der Waals surface area contributed by atoms with Crippen molar-refractivity contribution in [1.82, 2.24) is 0 Å². The Morgan fingerprint density at radius 1 is 0.559 bits per heavy atom. The van der Waals surface area contributed by atoms with E-state index >= 15 is 0 Å². The smallest absolute Gasteiger partial charge is 0.339 e. The Kier molecular flexibility index (Phi) is 40.5. The van der Waals surface area contributed by atoms with Crippen LogP contribution in [-0.2, 0) is 357 Å². The maximum Gasteiger partial charge on any atom is 0.339 e. The Labute approximate surface area is 745 Å². The van der Waals surface area contributed by atoms with Crippen LogP contribution in [0.15, 0.2) is 35.9 Å². The fourth-order valence-corrected chi connectivity index (χ4v) is 12.1. The number of Topliss-reactive ketones (excluding diaryl/α,β-unsaturated/α-hetero) is 1. The number of hydrogen-bond acceptors (Lipinski definition) is 19. The van der Waals surface area contributed by atoms with Gasteiger partial charge in [0.05, 0.1) is 28.4 Å². The van der Waals surface area contributed by atoms with Crippen LogP contribution in [-0.4, -0.2) is 90.0 Å². The van der Waals surface area contributed by atoms with Crippen molar-refractivity contribution in [2.75, 3.05) is 0 Å². The normalized spacial score (nSPS) is 20.9. The number of ketones is 1.